The molecule has 1 aromatic heterocycles. The summed E-state index contributed by atoms with van der Waals surface area (Å²) in [6.07, 6.45) is -0.115. The van der Waals surface area contributed by atoms with E-state index in [0.29, 0.717) is 17.7 Å². The monoisotopic (exact) mass is 522 g/mol. The lowest BCUT2D eigenvalue weighted by Gasteiger charge is -2.10. The summed E-state index contributed by atoms with van der Waals surface area (Å²) in [6.45, 7) is 0.305. The summed E-state index contributed by atoms with van der Waals surface area (Å²) in [5.41, 5.74) is 6.75. The van der Waals surface area contributed by atoms with Crippen LogP contribution in [0.4, 0.5) is 18.9 Å². The first kappa shape index (κ1) is 25.8. The molecule has 188 valence electrons. The fourth-order valence-electron chi connectivity index (χ4n) is 3.49. The number of benzene rings is 3. The van der Waals surface area contributed by atoms with Gasteiger partial charge in [-0.15, -0.1) is 0 Å². The molecule has 3 N–H and O–H groups in total. The molecule has 0 aliphatic carbocycles. The lowest BCUT2D eigenvalue weighted by molar-refractivity contribution is -0.0925. The van der Waals surface area contributed by atoms with Gasteiger partial charge in [0.15, 0.2) is 0 Å². The Morgan fingerprint density at radius 2 is 1.62 bits per heavy atom. The quantitative estimate of drug-likeness (QED) is 0.269. The van der Waals surface area contributed by atoms with Crippen molar-refractivity contribution >= 4 is 28.9 Å². The van der Waals surface area contributed by atoms with Gasteiger partial charge in [0.2, 0.25) is 0 Å². The second kappa shape index (κ2) is 11.2. The topological polar surface area (TPSA) is 72.4 Å². The Hall–Kier alpha value is -4.30. The van der Waals surface area contributed by atoms with Crippen LogP contribution in [0.5, 0.6) is 0 Å². The van der Waals surface area contributed by atoms with Crippen molar-refractivity contribution in [2.24, 2.45) is 10.7 Å². The number of alkyl halides is 3. The van der Waals surface area contributed by atoms with Crippen molar-refractivity contribution < 1.29 is 18.0 Å². The van der Waals surface area contributed by atoms with Gasteiger partial charge >= 0.3 is 6.18 Å². The predicted molar refractivity (Wildman–Crippen MR) is 139 cm³/mol. The van der Waals surface area contributed by atoms with E-state index in [0.717, 1.165) is 17.3 Å². The van der Waals surface area contributed by atoms with Crippen LogP contribution in [0.2, 0.25) is 5.02 Å². The fraction of sp³-hybridized carbons (Fsp3) is 0.0714. The zero-order valence-corrected chi connectivity index (χ0v) is 20.2. The average molecular weight is 523 g/mol. The zero-order chi connectivity index (χ0) is 26.4. The Kier molecular flexibility index (Phi) is 7.79. The molecule has 5 nitrogen and oxygen atoms in total. The molecule has 37 heavy (non-hydrogen) atoms. The van der Waals surface area contributed by atoms with Gasteiger partial charge in [-0.05, 0) is 60.2 Å². The summed E-state index contributed by atoms with van der Waals surface area (Å²) in [5.74, 6) is -0.326. The molecule has 0 aliphatic heterocycles. The van der Waals surface area contributed by atoms with E-state index >= 15 is 0 Å². The Morgan fingerprint density at radius 3 is 2.30 bits per heavy atom. The minimum atomic E-state index is -4.72. The van der Waals surface area contributed by atoms with Gasteiger partial charge in [0.1, 0.15) is 5.70 Å². The summed E-state index contributed by atoms with van der Waals surface area (Å²) >= 11 is 6.14. The van der Waals surface area contributed by atoms with Crippen LogP contribution in [0.1, 0.15) is 21.5 Å². The van der Waals surface area contributed by atoms with Gasteiger partial charge in [0, 0.05) is 35.8 Å². The van der Waals surface area contributed by atoms with Gasteiger partial charge in [0.25, 0.3) is 5.91 Å². The van der Waals surface area contributed by atoms with E-state index in [-0.39, 0.29) is 22.3 Å². The third kappa shape index (κ3) is 6.68. The summed E-state index contributed by atoms with van der Waals surface area (Å²) in [4.78, 5) is 17.0. The third-order valence-electron chi connectivity index (χ3n) is 5.42. The van der Waals surface area contributed by atoms with Crippen molar-refractivity contribution in [1.82, 2.24) is 9.88 Å². The first-order chi connectivity index (χ1) is 17.7. The van der Waals surface area contributed by atoms with E-state index in [2.05, 4.69) is 10.3 Å². The van der Waals surface area contributed by atoms with Gasteiger partial charge in [-0.1, -0.05) is 48.0 Å². The van der Waals surface area contributed by atoms with Crippen LogP contribution in [-0.4, -0.2) is 22.4 Å². The number of aliphatic imine (C=N–C) groups is 1. The molecule has 1 amide bonds. The van der Waals surface area contributed by atoms with Crippen LogP contribution in [0.25, 0.3) is 5.69 Å². The average Bonchev–Trinajstić information content (AvgIpc) is 3.43. The van der Waals surface area contributed by atoms with Crippen LogP contribution in [0.3, 0.4) is 0 Å². The van der Waals surface area contributed by atoms with Crippen LogP contribution in [-0.2, 0) is 6.54 Å². The Balaban J connectivity index is 1.53. The summed E-state index contributed by atoms with van der Waals surface area (Å²) < 4.78 is 41.3. The van der Waals surface area contributed by atoms with E-state index in [1.165, 1.54) is 24.3 Å². The highest BCUT2D eigenvalue weighted by molar-refractivity contribution is 6.33. The highest BCUT2D eigenvalue weighted by atomic mass is 35.5. The number of halogens is 4. The van der Waals surface area contributed by atoms with Gasteiger partial charge in [-0.2, -0.15) is 13.2 Å². The molecule has 0 saturated carbocycles. The minimum absolute atomic E-state index is 0.0447. The van der Waals surface area contributed by atoms with E-state index in [4.69, 9.17) is 17.3 Å². The van der Waals surface area contributed by atoms with Crippen molar-refractivity contribution in [3.05, 3.63) is 131 Å². The molecule has 4 aromatic rings. The number of carbonyl (C=O) groups is 1. The summed E-state index contributed by atoms with van der Waals surface area (Å²) in [7, 11) is 0. The number of amides is 1. The first-order valence-electron chi connectivity index (χ1n) is 11.2. The van der Waals surface area contributed by atoms with E-state index in [9.17, 15) is 18.0 Å². The summed E-state index contributed by atoms with van der Waals surface area (Å²) in [5, 5.41) is 3.13. The van der Waals surface area contributed by atoms with Gasteiger partial charge in [0.05, 0.1) is 16.4 Å². The molecular weight excluding hydrogens is 501 g/mol. The maximum absolute atomic E-state index is 13.1. The SMILES string of the molecule is NC(=CC(=Nc1ccccc1Cl)c1ccc(C(=O)NCc2cccc(-n3cccc3)c2)cc1)C(F)(F)F. The van der Waals surface area contributed by atoms with Gasteiger partial charge in [-0.3, -0.25) is 4.79 Å². The molecule has 0 unspecified atom stereocenters. The minimum Gasteiger partial charge on any atom is -0.395 e. The molecular formula is C28H22ClF3N4O. The smallest absolute Gasteiger partial charge is 0.395 e. The molecule has 0 aliphatic rings. The van der Waals surface area contributed by atoms with Crippen LogP contribution in [0, 0.1) is 0 Å². The second-order valence-corrected chi connectivity index (χ2v) is 8.47. The van der Waals surface area contributed by atoms with E-state index < -0.39 is 11.9 Å². The molecule has 0 fully saturated rings. The molecule has 0 atom stereocenters. The van der Waals surface area contributed by atoms with Crippen molar-refractivity contribution in [1.29, 1.82) is 0 Å². The largest absolute Gasteiger partial charge is 0.430 e. The van der Waals surface area contributed by atoms with E-state index in [1.54, 1.807) is 24.3 Å². The molecule has 4 rings (SSSR count). The van der Waals surface area contributed by atoms with Crippen LogP contribution >= 0.6 is 11.6 Å². The number of rotatable bonds is 7. The second-order valence-electron chi connectivity index (χ2n) is 8.07. The van der Waals surface area contributed by atoms with Crippen LogP contribution < -0.4 is 11.1 Å². The highest BCUT2D eigenvalue weighted by Gasteiger charge is 2.31. The number of carbonyl (C=O) groups excluding carboxylic acids is 1. The number of aromatic nitrogens is 1. The number of hydrogen-bond acceptors (Lipinski definition) is 3. The lowest BCUT2D eigenvalue weighted by atomic mass is 10.1. The number of hydrogen-bond donors (Lipinski definition) is 2. The Morgan fingerprint density at radius 1 is 0.946 bits per heavy atom. The molecule has 0 bridgehead atoms. The molecule has 9 heteroatoms. The number of nitrogens with one attached hydrogen (secondary N) is 1. The van der Waals surface area contributed by atoms with Crippen molar-refractivity contribution in [2.45, 2.75) is 12.7 Å². The molecule has 0 spiro atoms. The van der Waals surface area contributed by atoms with Gasteiger partial charge < -0.3 is 15.6 Å². The predicted octanol–water partition coefficient (Wildman–Crippen LogP) is 6.59. The fourth-order valence-corrected chi connectivity index (χ4v) is 3.67. The molecule has 3 aromatic carbocycles. The summed E-state index contributed by atoms with van der Waals surface area (Å²) in [6, 6.07) is 24.2. The number of nitrogens with two attached hydrogens (primary N) is 1. The Bertz CT molecular complexity index is 1440. The normalized spacial score (nSPS) is 12.4. The maximum atomic E-state index is 13.1. The third-order valence-corrected chi connectivity index (χ3v) is 5.74. The van der Waals surface area contributed by atoms with Crippen LogP contribution in [0.15, 0.2) is 114 Å². The maximum Gasteiger partial charge on any atom is 0.430 e. The van der Waals surface area contributed by atoms with E-state index in [1.807, 2.05) is 53.4 Å². The standard InChI is InChI=1S/C28H22ClF3N4O/c29-23-8-1-2-9-24(23)35-25(17-26(33)28(30,31)32)20-10-12-21(13-11-20)27(37)34-18-19-6-5-7-22(16-19)36-14-3-4-15-36/h1-17H,18,33H2,(H,34,37). The number of allylic oxidation sites excluding steroid dienone is 2. The number of para-hydroxylation sites is 1. The van der Waals surface area contributed by atoms with Crippen molar-refractivity contribution in [3.63, 3.8) is 0 Å². The van der Waals surface area contributed by atoms with Gasteiger partial charge in [-0.25, -0.2) is 4.99 Å². The molecule has 0 radical (unpaired) electrons. The highest BCUT2D eigenvalue weighted by Crippen LogP contribution is 2.27. The lowest BCUT2D eigenvalue weighted by Crippen LogP contribution is -2.23. The molecule has 1 heterocycles. The molecule has 0 saturated heterocycles. The van der Waals surface area contributed by atoms with Crippen molar-refractivity contribution in [2.75, 3.05) is 0 Å². The van der Waals surface area contributed by atoms with Crippen molar-refractivity contribution in [3.8, 4) is 5.69 Å². The first-order valence-corrected chi connectivity index (χ1v) is 11.6. The number of nitrogens with zero attached hydrogens (tertiary/aromatic N) is 2. The zero-order valence-electron chi connectivity index (χ0n) is 19.4. The Labute approximate surface area is 216 Å².